The number of nitrogens with one attached hydrogen (secondary N) is 1. The van der Waals surface area contributed by atoms with Crippen LogP contribution in [0.3, 0.4) is 0 Å². The first-order valence-electron chi connectivity index (χ1n) is 5.74. The second-order valence-electron chi connectivity index (χ2n) is 4.76. The van der Waals surface area contributed by atoms with Gasteiger partial charge in [-0.1, -0.05) is 12.1 Å². The topological polar surface area (TPSA) is 32.3 Å². The molecule has 0 aromatic heterocycles. The Bertz CT molecular complexity index is 384. The van der Waals surface area contributed by atoms with E-state index < -0.39 is 5.60 Å². The van der Waals surface area contributed by atoms with E-state index in [2.05, 4.69) is 5.32 Å². The van der Waals surface area contributed by atoms with Crippen LogP contribution in [0.5, 0.6) is 0 Å². The van der Waals surface area contributed by atoms with Crippen LogP contribution in [0.1, 0.15) is 30.9 Å². The zero-order chi connectivity index (χ0) is 11.8. The minimum atomic E-state index is -0.995. The van der Waals surface area contributed by atoms with Gasteiger partial charge < -0.3 is 10.4 Å². The van der Waals surface area contributed by atoms with Gasteiger partial charge in [-0.05, 0) is 50.4 Å². The quantitative estimate of drug-likeness (QED) is 0.804. The molecular weight excluding hydrogens is 205 g/mol. The van der Waals surface area contributed by atoms with Gasteiger partial charge in [-0.3, -0.25) is 0 Å². The first-order valence-corrected chi connectivity index (χ1v) is 5.74. The Morgan fingerprint density at radius 1 is 1.50 bits per heavy atom. The summed E-state index contributed by atoms with van der Waals surface area (Å²) >= 11 is 0. The summed E-state index contributed by atoms with van der Waals surface area (Å²) in [6, 6.07) is 4.98. The normalized spacial score (nSPS) is 24.4. The largest absolute Gasteiger partial charge is 0.384 e. The third kappa shape index (κ3) is 1.97. The summed E-state index contributed by atoms with van der Waals surface area (Å²) in [6.45, 7) is 4.40. The third-order valence-corrected chi connectivity index (χ3v) is 3.50. The van der Waals surface area contributed by atoms with Crippen molar-refractivity contribution in [2.24, 2.45) is 0 Å². The SMILES string of the molecule is Cc1ccc(C(C)(O)C2CCCN2)cc1F. The molecule has 1 fully saturated rings. The highest BCUT2D eigenvalue weighted by Crippen LogP contribution is 2.30. The van der Waals surface area contributed by atoms with Crippen LogP contribution in [0.2, 0.25) is 0 Å². The molecule has 1 heterocycles. The molecule has 0 bridgehead atoms. The first-order chi connectivity index (χ1) is 7.51. The smallest absolute Gasteiger partial charge is 0.126 e. The predicted molar refractivity (Wildman–Crippen MR) is 61.7 cm³/mol. The summed E-state index contributed by atoms with van der Waals surface area (Å²) in [6.07, 6.45) is 2.00. The van der Waals surface area contributed by atoms with E-state index in [9.17, 15) is 9.50 Å². The number of halogens is 1. The second-order valence-corrected chi connectivity index (χ2v) is 4.76. The van der Waals surface area contributed by atoms with Crippen molar-refractivity contribution in [3.8, 4) is 0 Å². The van der Waals surface area contributed by atoms with Crippen molar-refractivity contribution < 1.29 is 9.50 Å². The summed E-state index contributed by atoms with van der Waals surface area (Å²) in [5.74, 6) is -0.254. The Labute approximate surface area is 95.5 Å². The Hall–Kier alpha value is -0.930. The van der Waals surface area contributed by atoms with Crippen molar-refractivity contribution in [1.29, 1.82) is 0 Å². The molecule has 2 unspecified atom stereocenters. The highest BCUT2D eigenvalue weighted by Gasteiger charge is 2.35. The van der Waals surface area contributed by atoms with E-state index in [1.807, 2.05) is 0 Å². The lowest BCUT2D eigenvalue weighted by Gasteiger charge is -2.31. The van der Waals surface area contributed by atoms with Gasteiger partial charge in [0, 0.05) is 6.04 Å². The molecular formula is C13H18FNO. The van der Waals surface area contributed by atoms with Gasteiger partial charge in [0.25, 0.3) is 0 Å². The van der Waals surface area contributed by atoms with Crippen LogP contribution in [0.25, 0.3) is 0 Å². The van der Waals surface area contributed by atoms with Crippen LogP contribution < -0.4 is 5.32 Å². The number of aliphatic hydroxyl groups is 1. The average Bonchev–Trinajstić information content (AvgIpc) is 2.75. The molecule has 2 rings (SSSR count). The maximum Gasteiger partial charge on any atom is 0.126 e. The molecule has 16 heavy (non-hydrogen) atoms. The van der Waals surface area contributed by atoms with Crippen molar-refractivity contribution in [3.63, 3.8) is 0 Å². The van der Waals surface area contributed by atoms with Gasteiger partial charge in [0.2, 0.25) is 0 Å². The van der Waals surface area contributed by atoms with Crippen LogP contribution in [0.15, 0.2) is 18.2 Å². The van der Waals surface area contributed by atoms with Crippen molar-refractivity contribution in [2.45, 2.75) is 38.3 Å². The van der Waals surface area contributed by atoms with Crippen LogP contribution in [-0.2, 0) is 5.60 Å². The molecule has 0 aliphatic carbocycles. The van der Waals surface area contributed by atoms with Crippen LogP contribution >= 0.6 is 0 Å². The lowest BCUT2D eigenvalue weighted by Crippen LogP contribution is -2.42. The second kappa shape index (κ2) is 4.15. The van der Waals surface area contributed by atoms with Crippen LogP contribution in [0, 0.1) is 12.7 Å². The number of hydrogen-bond acceptors (Lipinski definition) is 2. The molecule has 0 radical (unpaired) electrons. The number of hydrogen-bond donors (Lipinski definition) is 2. The summed E-state index contributed by atoms with van der Waals surface area (Å²) in [4.78, 5) is 0. The summed E-state index contributed by atoms with van der Waals surface area (Å²) in [5.41, 5.74) is 0.263. The van der Waals surface area contributed by atoms with Gasteiger partial charge >= 0.3 is 0 Å². The maximum absolute atomic E-state index is 13.5. The van der Waals surface area contributed by atoms with Crippen molar-refractivity contribution in [3.05, 3.63) is 35.1 Å². The Morgan fingerprint density at radius 3 is 2.81 bits per heavy atom. The lowest BCUT2D eigenvalue weighted by atomic mass is 9.87. The Morgan fingerprint density at radius 2 is 2.25 bits per heavy atom. The van der Waals surface area contributed by atoms with E-state index in [1.54, 1.807) is 26.0 Å². The molecule has 1 aliphatic heterocycles. The highest BCUT2D eigenvalue weighted by atomic mass is 19.1. The maximum atomic E-state index is 13.5. The van der Waals surface area contributed by atoms with Crippen molar-refractivity contribution in [2.75, 3.05) is 6.54 Å². The molecule has 1 saturated heterocycles. The minimum Gasteiger partial charge on any atom is -0.384 e. The van der Waals surface area contributed by atoms with E-state index in [0.29, 0.717) is 11.1 Å². The third-order valence-electron chi connectivity index (χ3n) is 3.50. The number of aryl methyl sites for hydroxylation is 1. The summed E-state index contributed by atoms with van der Waals surface area (Å²) in [5, 5.41) is 13.7. The molecule has 1 aliphatic rings. The molecule has 0 saturated carbocycles. The fourth-order valence-corrected chi connectivity index (χ4v) is 2.27. The van der Waals surface area contributed by atoms with Gasteiger partial charge in [-0.15, -0.1) is 0 Å². The zero-order valence-electron chi connectivity index (χ0n) is 9.76. The van der Waals surface area contributed by atoms with Crippen molar-refractivity contribution in [1.82, 2.24) is 5.32 Å². The Balaban J connectivity index is 2.30. The number of rotatable bonds is 2. The van der Waals surface area contributed by atoms with Gasteiger partial charge in [0.1, 0.15) is 11.4 Å². The van der Waals surface area contributed by atoms with Gasteiger partial charge in [-0.25, -0.2) is 4.39 Å². The Kier molecular flexibility index (Phi) is 3.00. The van der Waals surface area contributed by atoms with Gasteiger partial charge in [-0.2, -0.15) is 0 Å². The molecule has 88 valence electrons. The van der Waals surface area contributed by atoms with Gasteiger partial charge in [0.05, 0.1) is 0 Å². The molecule has 2 nitrogen and oxygen atoms in total. The van der Waals surface area contributed by atoms with E-state index in [0.717, 1.165) is 19.4 Å². The molecule has 2 N–H and O–H groups in total. The zero-order valence-corrected chi connectivity index (χ0v) is 9.76. The minimum absolute atomic E-state index is 0.0228. The summed E-state index contributed by atoms with van der Waals surface area (Å²) in [7, 11) is 0. The van der Waals surface area contributed by atoms with E-state index in [4.69, 9.17) is 0 Å². The molecule has 2 atom stereocenters. The summed E-state index contributed by atoms with van der Waals surface area (Å²) < 4.78 is 13.5. The fraction of sp³-hybridized carbons (Fsp3) is 0.538. The van der Waals surface area contributed by atoms with Crippen molar-refractivity contribution >= 4 is 0 Å². The van der Waals surface area contributed by atoms with E-state index >= 15 is 0 Å². The monoisotopic (exact) mass is 223 g/mol. The molecule has 3 heteroatoms. The van der Waals surface area contributed by atoms with Crippen LogP contribution in [-0.4, -0.2) is 17.7 Å². The first kappa shape index (κ1) is 11.6. The molecule has 1 aromatic rings. The standard InChI is InChI=1S/C13H18FNO/c1-9-5-6-10(8-11(9)14)13(2,16)12-4-3-7-15-12/h5-6,8,12,15-16H,3-4,7H2,1-2H3. The molecule has 0 amide bonds. The average molecular weight is 223 g/mol. The van der Waals surface area contributed by atoms with Crippen LogP contribution in [0.4, 0.5) is 4.39 Å². The highest BCUT2D eigenvalue weighted by molar-refractivity contribution is 5.29. The van der Waals surface area contributed by atoms with Gasteiger partial charge in [0.15, 0.2) is 0 Å². The molecule has 1 aromatic carbocycles. The predicted octanol–water partition coefficient (Wildman–Crippen LogP) is 2.09. The van der Waals surface area contributed by atoms with E-state index in [1.165, 1.54) is 6.07 Å². The van der Waals surface area contributed by atoms with E-state index in [-0.39, 0.29) is 11.9 Å². The molecule has 0 spiro atoms. The number of benzene rings is 1. The lowest BCUT2D eigenvalue weighted by molar-refractivity contribution is 0.0215. The fourth-order valence-electron chi connectivity index (χ4n) is 2.27.